The number of hydrogen-bond donors (Lipinski definition) is 1. The van der Waals surface area contributed by atoms with Gasteiger partial charge in [-0.15, -0.1) is 0 Å². The van der Waals surface area contributed by atoms with Crippen LogP contribution in [0.1, 0.15) is 44.6 Å². The first kappa shape index (κ1) is 14.6. The molecule has 106 valence electrons. The first-order valence-corrected chi connectivity index (χ1v) is 7.42. The number of aryl methyl sites for hydroxylation is 1. The van der Waals surface area contributed by atoms with Crippen molar-refractivity contribution in [3.63, 3.8) is 0 Å². The van der Waals surface area contributed by atoms with Gasteiger partial charge in [0.05, 0.1) is 6.07 Å². The third-order valence-corrected chi connectivity index (χ3v) is 4.19. The fourth-order valence-electron chi connectivity index (χ4n) is 2.83. The largest absolute Gasteiger partial charge is 0.352 e. The maximum absolute atomic E-state index is 12.3. The molecule has 0 aromatic heterocycles. The summed E-state index contributed by atoms with van der Waals surface area (Å²) in [6.07, 6.45) is 5.24. The van der Waals surface area contributed by atoms with Gasteiger partial charge >= 0.3 is 0 Å². The Morgan fingerprint density at radius 2 is 2.00 bits per heavy atom. The zero-order valence-corrected chi connectivity index (χ0v) is 12.1. The number of nitrogens with one attached hydrogen (secondary N) is 1. The predicted molar refractivity (Wildman–Crippen MR) is 78.9 cm³/mol. The molecular formula is C17H22N2O. The smallest absolute Gasteiger partial charge is 0.240 e. The molecule has 0 saturated heterocycles. The van der Waals surface area contributed by atoms with Crippen LogP contribution in [0.5, 0.6) is 0 Å². The molecule has 3 nitrogen and oxygen atoms in total. The summed E-state index contributed by atoms with van der Waals surface area (Å²) in [6, 6.07) is 12.6. The number of benzene rings is 1. The van der Waals surface area contributed by atoms with Gasteiger partial charge in [0, 0.05) is 6.04 Å². The van der Waals surface area contributed by atoms with E-state index in [0.717, 1.165) is 25.7 Å². The van der Waals surface area contributed by atoms with Gasteiger partial charge in [-0.1, -0.05) is 43.2 Å². The van der Waals surface area contributed by atoms with E-state index in [1.54, 1.807) is 0 Å². The van der Waals surface area contributed by atoms with Gasteiger partial charge < -0.3 is 5.32 Å². The molecule has 1 aliphatic carbocycles. The van der Waals surface area contributed by atoms with Gasteiger partial charge in [0.25, 0.3) is 0 Å². The zero-order chi connectivity index (χ0) is 14.4. The molecule has 1 saturated carbocycles. The Hall–Kier alpha value is -1.82. The Morgan fingerprint density at radius 3 is 2.60 bits per heavy atom. The molecule has 1 fully saturated rings. The summed E-state index contributed by atoms with van der Waals surface area (Å²) < 4.78 is 0. The van der Waals surface area contributed by atoms with Crippen molar-refractivity contribution in [2.45, 2.75) is 51.5 Å². The molecule has 1 N–H and O–H groups in total. The summed E-state index contributed by atoms with van der Waals surface area (Å²) in [5, 5.41) is 12.3. The normalized spacial score (nSPS) is 18.2. The molecule has 0 aliphatic heterocycles. The maximum Gasteiger partial charge on any atom is 0.240 e. The van der Waals surface area contributed by atoms with Crippen molar-refractivity contribution in [3.05, 3.63) is 35.9 Å². The van der Waals surface area contributed by atoms with Crippen LogP contribution in [0.2, 0.25) is 0 Å². The lowest BCUT2D eigenvalue weighted by molar-refractivity contribution is -0.128. The highest BCUT2D eigenvalue weighted by molar-refractivity contribution is 5.85. The number of amides is 1. The van der Waals surface area contributed by atoms with Crippen LogP contribution in [0.4, 0.5) is 0 Å². The van der Waals surface area contributed by atoms with Gasteiger partial charge in [-0.25, -0.2) is 0 Å². The number of rotatable bonds is 5. The fraction of sp³-hybridized carbons (Fsp3) is 0.529. The summed E-state index contributed by atoms with van der Waals surface area (Å²) >= 11 is 0. The topological polar surface area (TPSA) is 52.9 Å². The van der Waals surface area contributed by atoms with Gasteiger partial charge in [-0.3, -0.25) is 4.79 Å². The third kappa shape index (κ3) is 3.39. The molecule has 20 heavy (non-hydrogen) atoms. The van der Waals surface area contributed by atoms with E-state index in [4.69, 9.17) is 0 Å². The minimum Gasteiger partial charge on any atom is -0.352 e. The van der Waals surface area contributed by atoms with Crippen LogP contribution in [0.3, 0.4) is 0 Å². The Labute approximate surface area is 121 Å². The zero-order valence-electron chi connectivity index (χ0n) is 12.1. The van der Waals surface area contributed by atoms with Crippen LogP contribution >= 0.6 is 0 Å². The Bertz CT molecular complexity index is 483. The Morgan fingerprint density at radius 1 is 1.35 bits per heavy atom. The van der Waals surface area contributed by atoms with E-state index >= 15 is 0 Å². The molecule has 1 aromatic carbocycles. The average Bonchev–Trinajstić information content (AvgIpc) is 2.96. The van der Waals surface area contributed by atoms with E-state index in [0.29, 0.717) is 12.8 Å². The first-order valence-electron chi connectivity index (χ1n) is 7.42. The van der Waals surface area contributed by atoms with Crippen LogP contribution in [0.25, 0.3) is 0 Å². The highest BCUT2D eigenvalue weighted by Crippen LogP contribution is 2.37. The quantitative estimate of drug-likeness (QED) is 0.893. The second kappa shape index (κ2) is 6.56. The molecule has 1 aliphatic rings. The van der Waals surface area contributed by atoms with Gasteiger partial charge in [0.2, 0.25) is 5.91 Å². The van der Waals surface area contributed by atoms with Crippen LogP contribution in [0.15, 0.2) is 30.3 Å². The molecule has 0 heterocycles. The number of nitrogens with zero attached hydrogens (tertiary/aromatic N) is 1. The van der Waals surface area contributed by atoms with Crippen LogP contribution in [-0.4, -0.2) is 11.9 Å². The van der Waals surface area contributed by atoms with Crippen molar-refractivity contribution in [2.24, 2.45) is 5.41 Å². The number of carbonyl (C=O) groups excluding carboxylic acids is 1. The van der Waals surface area contributed by atoms with E-state index in [-0.39, 0.29) is 11.9 Å². The first-order chi connectivity index (χ1) is 9.66. The number of nitriles is 1. The van der Waals surface area contributed by atoms with Crippen molar-refractivity contribution in [1.82, 2.24) is 5.32 Å². The molecule has 1 atom stereocenters. The number of carbonyl (C=O) groups is 1. The third-order valence-electron chi connectivity index (χ3n) is 4.19. The van der Waals surface area contributed by atoms with Crippen molar-refractivity contribution >= 4 is 5.91 Å². The van der Waals surface area contributed by atoms with Crippen molar-refractivity contribution in [3.8, 4) is 6.07 Å². The molecule has 3 heteroatoms. The second-order valence-electron chi connectivity index (χ2n) is 5.80. The van der Waals surface area contributed by atoms with Gasteiger partial charge in [0.1, 0.15) is 5.41 Å². The molecule has 0 bridgehead atoms. The van der Waals surface area contributed by atoms with E-state index < -0.39 is 5.41 Å². The highest BCUT2D eigenvalue weighted by atomic mass is 16.2. The molecule has 1 unspecified atom stereocenters. The molecule has 1 aromatic rings. The summed E-state index contributed by atoms with van der Waals surface area (Å²) in [7, 11) is 0. The number of hydrogen-bond acceptors (Lipinski definition) is 2. The molecule has 1 amide bonds. The molecule has 0 radical (unpaired) electrons. The van der Waals surface area contributed by atoms with Crippen molar-refractivity contribution in [1.29, 1.82) is 5.26 Å². The lowest BCUT2D eigenvalue weighted by Gasteiger charge is -2.22. The lowest BCUT2D eigenvalue weighted by Crippen LogP contribution is -2.42. The maximum atomic E-state index is 12.3. The van der Waals surface area contributed by atoms with Crippen LogP contribution in [-0.2, 0) is 11.2 Å². The molecule has 0 spiro atoms. The second-order valence-corrected chi connectivity index (χ2v) is 5.80. The summed E-state index contributed by atoms with van der Waals surface area (Å²) in [5.74, 6) is -0.0712. The standard InChI is InChI=1S/C17H22N2O/c1-14(9-10-15-7-3-2-4-8-15)19-16(20)17(13-18)11-5-6-12-17/h2-4,7-8,14H,5-6,9-12H2,1H3,(H,19,20). The van der Waals surface area contributed by atoms with E-state index in [1.165, 1.54) is 5.56 Å². The van der Waals surface area contributed by atoms with E-state index in [1.807, 2.05) is 25.1 Å². The summed E-state index contributed by atoms with van der Waals surface area (Å²) in [6.45, 7) is 2.01. The van der Waals surface area contributed by atoms with Gasteiger partial charge in [-0.05, 0) is 38.2 Å². The Kier molecular flexibility index (Phi) is 4.79. The minimum absolute atomic E-state index is 0.0712. The van der Waals surface area contributed by atoms with E-state index in [2.05, 4.69) is 23.5 Å². The summed E-state index contributed by atoms with van der Waals surface area (Å²) in [4.78, 5) is 12.3. The fourth-order valence-corrected chi connectivity index (χ4v) is 2.83. The predicted octanol–water partition coefficient (Wildman–Crippen LogP) is 3.21. The van der Waals surface area contributed by atoms with Crippen LogP contribution < -0.4 is 5.32 Å². The van der Waals surface area contributed by atoms with E-state index in [9.17, 15) is 10.1 Å². The van der Waals surface area contributed by atoms with Gasteiger partial charge in [-0.2, -0.15) is 5.26 Å². The SMILES string of the molecule is CC(CCc1ccccc1)NC(=O)C1(C#N)CCCC1. The monoisotopic (exact) mass is 270 g/mol. The molecule has 2 rings (SSSR count). The lowest BCUT2D eigenvalue weighted by atomic mass is 9.86. The van der Waals surface area contributed by atoms with Gasteiger partial charge in [0.15, 0.2) is 0 Å². The Balaban J connectivity index is 1.84. The minimum atomic E-state index is -0.763. The van der Waals surface area contributed by atoms with Crippen LogP contribution in [0, 0.1) is 16.7 Å². The molecular weight excluding hydrogens is 248 g/mol. The van der Waals surface area contributed by atoms with Crippen molar-refractivity contribution in [2.75, 3.05) is 0 Å². The summed E-state index contributed by atoms with van der Waals surface area (Å²) in [5.41, 5.74) is 0.519. The average molecular weight is 270 g/mol. The highest BCUT2D eigenvalue weighted by Gasteiger charge is 2.41. The van der Waals surface area contributed by atoms with Crippen molar-refractivity contribution < 1.29 is 4.79 Å².